The number of rotatable bonds is 2. The second-order valence-corrected chi connectivity index (χ2v) is 8.61. The van der Waals surface area contributed by atoms with Gasteiger partial charge in [0.25, 0.3) is 0 Å². The van der Waals surface area contributed by atoms with Crippen LogP contribution in [-0.2, 0) is 9.84 Å². The molecule has 0 bridgehead atoms. The van der Waals surface area contributed by atoms with Crippen LogP contribution < -0.4 is 9.64 Å². The fourth-order valence-corrected chi connectivity index (χ4v) is 6.59. The van der Waals surface area contributed by atoms with Crippen LogP contribution in [0.25, 0.3) is 0 Å². The van der Waals surface area contributed by atoms with Crippen molar-refractivity contribution in [3.05, 3.63) is 23.2 Å². The van der Waals surface area contributed by atoms with Crippen LogP contribution >= 0.6 is 23.4 Å². The van der Waals surface area contributed by atoms with Crippen molar-refractivity contribution in [3.63, 3.8) is 0 Å². The molecule has 3 rings (SSSR count). The summed E-state index contributed by atoms with van der Waals surface area (Å²) in [6.45, 7) is 0. The van der Waals surface area contributed by atoms with Crippen LogP contribution in [0.1, 0.15) is 0 Å². The van der Waals surface area contributed by atoms with Gasteiger partial charge in [-0.1, -0.05) is 23.4 Å². The molecule has 1 N–H and O–H groups in total. The normalized spacial score (nSPS) is 27.7. The monoisotopic (exact) mass is 332 g/mol. The minimum absolute atomic E-state index is 0.0721. The number of fused-ring (bicyclic) bond motifs is 1. The topological polar surface area (TPSA) is 70.5 Å². The van der Waals surface area contributed by atoms with Crippen LogP contribution in [0.5, 0.6) is 5.75 Å². The molecule has 2 aliphatic heterocycles. The molecule has 2 fully saturated rings. The van der Waals surface area contributed by atoms with Gasteiger partial charge in [-0.05, 0) is 18.2 Å². The third-order valence-electron chi connectivity index (χ3n) is 3.49. The average Bonchev–Trinajstić information content (AvgIpc) is 2.79. The molecular formula is C12H13ClN2O3S2. The van der Waals surface area contributed by atoms with Crippen molar-refractivity contribution in [1.29, 1.82) is 5.41 Å². The van der Waals surface area contributed by atoms with E-state index in [1.54, 1.807) is 30.2 Å². The van der Waals surface area contributed by atoms with Crippen molar-refractivity contribution < 1.29 is 13.2 Å². The van der Waals surface area contributed by atoms with Gasteiger partial charge >= 0.3 is 0 Å². The van der Waals surface area contributed by atoms with E-state index in [1.165, 1.54) is 11.8 Å². The highest BCUT2D eigenvalue weighted by molar-refractivity contribution is 8.15. The number of hydrogen-bond acceptors (Lipinski definition) is 5. The Morgan fingerprint density at radius 3 is 2.90 bits per heavy atom. The Bertz CT molecular complexity index is 677. The fourth-order valence-electron chi connectivity index (χ4n) is 2.64. The number of benzene rings is 1. The van der Waals surface area contributed by atoms with Gasteiger partial charge in [0, 0.05) is 10.3 Å². The van der Waals surface area contributed by atoms with Crippen molar-refractivity contribution in [3.8, 4) is 5.75 Å². The van der Waals surface area contributed by atoms with E-state index in [-0.39, 0.29) is 22.8 Å². The number of sulfone groups is 1. The lowest BCUT2D eigenvalue weighted by Gasteiger charge is -2.25. The lowest BCUT2D eigenvalue weighted by atomic mass is 10.2. The lowest BCUT2D eigenvalue weighted by molar-refractivity contribution is 0.415. The fraction of sp³-hybridized carbons (Fsp3) is 0.417. The van der Waals surface area contributed by atoms with E-state index in [0.29, 0.717) is 21.6 Å². The summed E-state index contributed by atoms with van der Waals surface area (Å²) in [5.74, 6) is 0.789. The first-order chi connectivity index (χ1) is 9.41. The Labute approximate surface area is 126 Å². The summed E-state index contributed by atoms with van der Waals surface area (Å²) in [4.78, 5) is 1.73. The standard InChI is InChI=1S/C12H13ClN2O3S2/c1-18-10-3-2-7(13)4-8(10)15-9-5-20(16,17)6-11(9)19-12(15)14/h2-4,9,11,14H,5-6H2,1H3/t9-,11-/m0/s1. The zero-order valence-electron chi connectivity index (χ0n) is 10.7. The maximum absolute atomic E-state index is 11.8. The molecule has 2 heterocycles. The third-order valence-corrected chi connectivity index (χ3v) is 6.85. The molecule has 2 atom stereocenters. The molecule has 8 heteroatoms. The predicted octanol–water partition coefficient (Wildman–Crippen LogP) is 2.00. The third kappa shape index (κ3) is 2.27. The first kappa shape index (κ1) is 14.0. The van der Waals surface area contributed by atoms with Crippen molar-refractivity contribution in [2.45, 2.75) is 11.3 Å². The smallest absolute Gasteiger partial charge is 0.161 e. The lowest BCUT2D eigenvalue weighted by Crippen LogP contribution is -2.37. The molecule has 0 spiro atoms. The summed E-state index contributed by atoms with van der Waals surface area (Å²) >= 11 is 7.32. The summed E-state index contributed by atoms with van der Waals surface area (Å²) < 4.78 is 28.9. The summed E-state index contributed by atoms with van der Waals surface area (Å²) in [6, 6.07) is 4.93. The van der Waals surface area contributed by atoms with Gasteiger partial charge in [-0.2, -0.15) is 0 Å². The summed E-state index contributed by atoms with van der Waals surface area (Å²) in [6.07, 6.45) is 0. The largest absolute Gasteiger partial charge is 0.495 e. The van der Waals surface area contributed by atoms with Crippen molar-refractivity contribution in [2.75, 3.05) is 23.5 Å². The Morgan fingerprint density at radius 1 is 1.45 bits per heavy atom. The Hall–Kier alpha value is -0.920. The molecule has 0 unspecified atom stereocenters. The van der Waals surface area contributed by atoms with Gasteiger partial charge in [0.2, 0.25) is 0 Å². The quantitative estimate of drug-likeness (QED) is 0.897. The van der Waals surface area contributed by atoms with Crippen LogP contribution in [0, 0.1) is 5.41 Å². The predicted molar refractivity (Wildman–Crippen MR) is 82.0 cm³/mol. The number of anilines is 1. The van der Waals surface area contributed by atoms with Crippen LogP contribution in [0.3, 0.4) is 0 Å². The number of amidine groups is 1. The van der Waals surface area contributed by atoms with Gasteiger partial charge in [0.1, 0.15) is 5.75 Å². The minimum atomic E-state index is -3.03. The van der Waals surface area contributed by atoms with Gasteiger partial charge in [0.15, 0.2) is 15.0 Å². The molecule has 108 valence electrons. The number of nitrogens with zero attached hydrogens (tertiary/aromatic N) is 1. The van der Waals surface area contributed by atoms with E-state index in [2.05, 4.69) is 0 Å². The molecule has 2 saturated heterocycles. The van der Waals surface area contributed by atoms with Gasteiger partial charge in [-0.3, -0.25) is 5.41 Å². The van der Waals surface area contributed by atoms with Crippen LogP contribution in [0.2, 0.25) is 5.02 Å². The minimum Gasteiger partial charge on any atom is -0.495 e. The number of ether oxygens (including phenoxy) is 1. The van der Waals surface area contributed by atoms with E-state index < -0.39 is 9.84 Å². The number of methoxy groups -OCH3 is 1. The second-order valence-electron chi connectivity index (χ2n) is 4.79. The molecule has 0 amide bonds. The van der Waals surface area contributed by atoms with Crippen LogP contribution in [0.15, 0.2) is 18.2 Å². The molecule has 20 heavy (non-hydrogen) atoms. The van der Waals surface area contributed by atoms with E-state index in [4.69, 9.17) is 21.7 Å². The van der Waals surface area contributed by atoms with Crippen molar-refractivity contribution in [1.82, 2.24) is 0 Å². The molecule has 0 aromatic heterocycles. The highest BCUT2D eigenvalue weighted by Gasteiger charge is 2.49. The van der Waals surface area contributed by atoms with E-state index in [9.17, 15) is 8.42 Å². The summed E-state index contributed by atoms with van der Waals surface area (Å²) in [5, 5.41) is 8.90. The Morgan fingerprint density at radius 2 is 2.20 bits per heavy atom. The number of thioether (sulfide) groups is 1. The molecule has 1 aromatic carbocycles. The maximum Gasteiger partial charge on any atom is 0.161 e. The van der Waals surface area contributed by atoms with Gasteiger partial charge < -0.3 is 9.64 Å². The Kier molecular flexibility index (Phi) is 3.38. The van der Waals surface area contributed by atoms with Crippen molar-refractivity contribution in [2.24, 2.45) is 0 Å². The first-order valence-corrected chi connectivity index (χ1v) is 9.07. The second kappa shape index (κ2) is 4.82. The number of hydrogen-bond donors (Lipinski definition) is 1. The van der Waals surface area contributed by atoms with Gasteiger partial charge in [0.05, 0.1) is 30.3 Å². The molecule has 0 radical (unpaired) electrons. The zero-order valence-corrected chi connectivity index (χ0v) is 13.1. The van der Waals surface area contributed by atoms with Gasteiger partial charge in [-0.25, -0.2) is 8.42 Å². The SMILES string of the molecule is COc1ccc(Cl)cc1N1C(=N)S[C@H]2CS(=O)(=O)C[C@@H]21. The number of nitrogens with one attached hydrogen (secondary N) is 1. The molecule has 2 aliphatic rings. The summed E-state index contributed by atoms with van der Waals surface area (Å²) in [5.41, 5.74) is 0.655. The van der Waals surface area contributed by atoms with E-state index >= 15 is 0 Å². The number of halogens is 1. The Balaban J connectivity index is 2.05. The molecular weight excluding hydrogens is 320 g/mol. The molecule has 5 nitrogen and oxygen atoms in total. The molecule has 0 aliphatic carbocycles. The zero-order chi connectivity index (χ0) is 14.5. The first-order valence-electron chi connectivity index (χ1n) is 6.00. The maximum atomic E-state index is 11.8. The van der Waals surface area contributed by atoms with Gasteiger partial charge in [-0.15, -0.1) is 0 Å². The summed E-state index contributed by atoms with van der Waals surface area (Å²) in [7, 11) is -1.49. The highest BCUT2D eigenvalue weighted by Crippen LogP contribution is 2.43. The molecule has 1 aromatic rings. The van der Waals surface area contributed by atoms with Crippen LogP contribution in [0.4, 0.5) is 5.69 Å². The van der Waals surface area contributed by atoms with Crippen molar-refractivity contribution >= 4 is 44.1 Å². The van der Waals surface area contributed by atoms with E-state index in [1.807, 2.05) is 0 Å². The highest BCUT2D eigenvalue weighted by atomic mass is 35.5. The average molecular weight is 333 g/mol. The van der Waals surface area contributed by atoms with Crippen LogP contribution in [-0.4, -0.2) is 43.5 Å². The van der Waals surface area contributed by atoms with E-state index in [0.717, 1.165) is 0 Å². The molecule has 0 saturated carbocycles.